The smallest absolute Gasteiger partial charge is 0.286 e. The van der Waals surface area contributed by atoms with Gasteiger partial charge < -0.3 is 14.6 Å². The highest BCUT2D eigenvalue weighted by atomic mass is 32.1. The van der Waals surface area contributed by atoms with Gasteiger partial charge in [0.15, 0.2) is 10.5 Å². The van der Waals surface area contributed by atoms with Crippen molar-refractivity contribution in [2.45, 2.75) is 32.7 Å². The van der Waals surface area contributed by atoms with Crippen LogP contribution in [0.25, 0.3) is 0 Å². The van der Waals surface area contributed by atoms with Crippen molar-refractivity contribution in [2.24, 2.45) is 0 Å². The summed E-state index contributed by atoms with van der Waals surface area (Å²) in [6, 6.07) is 0. The van der Waals surface area contributed by atoms with Crippen molar-refractivity contribution in [1.29, 1.82) is 0 Å². The van der Waals surface area contributed by atoms with Crippen LogP contribution in [-0.2, 0) is 22.5 Å². The first-order valence-electron chi connectivity index (χ1n) is 6.47. The predicted molar refractivity (Wildman–Crippen MR) is 73.1 cm³/mol. The molecule has 0 bridgehead atoms. The molecule has 0 saturated carbocycles. The van der Waals surface area contributed by atoms with E-state index in [1.165, 1.54) is 0 Å². The zero-order chi connectivity index (χ0) is 13.7. The van der Waals surface area contributed by atoms with E-state index in [9.17, 15) is 4.79 Å². The molecule has 6 nitrogen and oxygen atoms in total. The van der Waals surface area contributed by atoms with Crippen LogP contribution in [0.5, 0.6) is 0 Å². The van der Waals surface area contributed by atoms with Crippen molar-refractivity contribution in [2.75, 3.05) is 13.2 Å². The minimum atomic E-state index is -0.159. The van der Waals surface area contributed by atoms with E-state index in [1.807, 2.05) is 17.6 Å². The summed E-state index contributed by atoms with van der Waals surface area (Å²) in [5.74, 6) is 1.16. The number of hydrogen-bond donors (Lipinski definition) is 2. The molecule has 7 heteroatoms. The Labute approximate surface area is 116 Å². The van der Waals surface area contributed by atoms with Gasteiger partial charge in [0, 0.05) is 19.5 Å². The molecule has 2 rings (SSSR count). The van der Waals surface area contributed by atoms with E-state index in [0.717, 1.165) is 25.1 Å². The first kappa shape index (κ1) is 13.8. The molecule has 1 amide bonds. The normalized spacial score (nSPS) is 14.7. The Hall–Kier alpha value is -1.63. The predicted octanol–water partition coefficient (Wildman–Crippen LogP) is 1.31. The maximum absolute atomic E-state index is 11.8. The molecule has 19 heavy (non-hydrogen) atoms. The van der Waals surface area contributed by atoms with Gasteiger partial charge in [-0.05, 0) is 31.1 Å². The Bertz CT molecular complexity index is 532. The molecular weight excluding hydrogens is 264 g/mol. The first-order valence-corrected chi connectivity index (χ1v) is 6.88. The van der Waals surface area contributed by atoms with Gasteiger partial charge in [-0.15, -0.1) is 0 Å². The number of aromatic nitrogens is 3. The number of amides is 1. The van der Waals surface area contributed by atoms with E-state index in [2.05, 4.69) is 15.5 Å². The van der Waals surface area contributed by atoms with Crippen LogP contribution in [0.15, 0.2) is 11.8 Å². The van der Waals surface area contributed by atoms with Gasteiger partial charge in [0.2, 0.25) is 0 Å². The number of ether oxygens (including phenoxy) is 1. The van der Waals surface area contributed by atoms with Crippen LogP contribution < -0.4 is 5.32 Å². The van der Waals surface area contributed by atoms with E-state index in [-0.39, 0.29) is 5.91 Å². The molecule has 0 saturated heterocycles. The number of nitrogens with zero attached hydrogens (tertiary/aromatic N) is 2. The minimum Gasteiger partial charge on any atom is -0.488 e. The Morgan fingerprint density at radius 3 is 3.21 bits per heavy atom. The zero-order valence-corrected chi connectivity index (χ0v) is 11.8. The fourth-order valence-electron chi connectivity index (χ4n) is 1.93. The van der Waals surface area contributed by atoms with Crippen molar-refractivity contribution in [1.82, 2.24) is 20.1 Å². The average molecular weight is 282 g/mol. The third kappa shape index (κ3) is 3.44. The molecule has 1 aromatic heterocycles. The van der Waals surface area contributed by atoms with Gasteiger partial charge >= 0.3 is 0 Å². The van der Waals surface area contributed by atoms with Gasteiger partial charge in [-0.3, -0.25) is 9.89 Å². The number of H-pyrrole nitrogens is 1. The van der Waals surface area contributed by atoms with Crippen LogP contribution in [0.1, 0.15) is 25.6 Å². The van der Waals surface area contributed by atoms with Gasteiger partial charge in [0.25, 0.3) is 5.91 Å². The molecule has 104 valence electrons. The molecular formula is C12H18N4O2S. The summed E-state index contributed by atoms with van der Waals surface area (Å²) in [7, 11) is 0. The highest BCUT2D eigenvalue weighted by Crippen LogP contribution is 2.09. The summed E-state index contributed by atoms with van der Waals surface area (Å²) in [5, 5.41) is 9.70. The van der Waals surface area contributed by atoms with E-state index >= 15 is 0 Å². The number of hydrogen-bond acceptors (Lipinski definition) is 4. The van der Waals surface area contributed by atoms with E-state index in [0.29, 0.717) is 30.2 Å². The number of aryl methyl sites for hydroxylation is 1. The van der Waals surface area contributed by atoms with Crippen molar-refractivity contribution in [3.05, 3.63) is 22.4 Å². The van der Waals surface area contributed by atoms with Crippen LogP contribution in [0, 0.1) is 4.77 Å². The largest absolute Gasteiger partial charge is 0.488 e. The van der Waals surface area contributed by atoms with Crippen molar-refractivity contribution in [3.63, 3.8) is 0 Å². The van der Waals surface area contributed by atoms with E-state index in [4.69, 9.17) is 17.0 Å². The molecule has 0 fully saturated rings. The Balaban J connectivity index is 1.86. The van der Waals surface area contributed by atoms with Gasteiger partial charge in [-0.1, -0.05) is 6.92 Å². The lowest BCUT2D eigenvalue weighted by molar-refractivity contribution is -0.121. The zero-order valence-electron chi connectivity index (χ0n) is 10.9. The van der Waals surface area contributed by atoms with Gasteiger partial charge in [0.05, 0.1) is 6.61 Å². The summed E-state index contributed by atoms with van der Waals surface area (Å²) in [6.07, 6.45) is 4.51. The highest BCUT2D eigenvalue weighted by molar-refractivity contribution is 7.71. The molecule has 0 aromatic carbocycles. The van der Waals surface area contributed by atoms with E-state index in [1.54, 1.807) is 0 Å². The first-order chi connectivity index (χ1) is 9.22. The van der Waals surface area contributed by atoms with Gasteiger partial charge in [-0.25, -0.2) is 0 Å². The summed E-state index contributed by atoms with van der Waals surface area (Å²) >= 11 is 5.14. The topological polar surface area (TPSA) is 71.9 Å². The van der Waals surface area contributed by atoms with Crippen LogP contribution in [0.3, 0.4) is 0 Å². The molecule has 1 aliphatic rings. The van der Waals surface area contributed by atoms with Crippen molar-refractivity contribution < 1.29 is 9.53 Å². The summed E-state index contributed by atoms with van der Waals surface area (Å²) in [6.45, 7) is 3.74. The lowest BCUT2D eigenvalue weighted by Crippen LogP contribution is -2.30. The lowest BCUT2D eigenvalue weighted by Gasteiger charge is -2.14. The third-order valence-electron chi connectivity index (χ3n) is 2.93. The molecule has 1 aromatic rings. The quantitative estimate of drug-likeness (QED) is 0.799. The number of carbonyl (C=O) groups excluding carboxylic acids is 1. The minimum absolute atomic E-state index is 0.159. The average Bonchev–Trinajstić information content (AvgIpc) is 2.80. The van der Waals surface area contributed by atoms with Crippen molar-refractivity contribution in [3.8, 4) is 0 Å². The molecule has 0 unspecified atom stereocenters. The number of rotatable bonds is 5. The molecule has 0 atom stereocenters. The fraction of sp³-hybridized carbons (Fsp3) is 0.583. The summed E-state index contributed by atoms with van der Waals surface area (Å²) < 4.78 is 7.78. The number of aromatic amines is 1. The number of nitrogens with one attached hydrogen (secondary N) is 2. The standard InChI is InChI=1S/C12H18N4O2S/c1-2-10-14-15-12(19)16(10)7-6-13-11(17)9-5-3-4-8-18-9/h5H,2-4,6-8H2,1H3,(H,13,17)(H,15,19). The van der Waals surface area contributed by atoms with Crippen LogP contribution in [0.2, 0.25) is 0 Å². The van der Waals surface area contributed by atoms with Crippen LogP contribution >= 0.6 is 12.2 Å². The van der Waals surface area contributed by atoms with E-state index < -0.39 is 0 Å². The molecule has 1 aliphatic heterocycles. The Morgan fingerprint density at radius 1 is 1.68 bits per heavy atom. The second kappa shape index (κ2) is 6.51. The second-order valence-corrected chi connectivity index (χ2v) is 4.65. The maximum atomic E-state index is 11.8. The fourth-order valence-corrected chi connectivity index (χ4v) is 2.18. The Kier molecular flexibility index (Phi) is 4.73. The molecule has 2 heterocycles. The maximum Gasteiger partial charge on any atom is 0.286 e. The molecule has 0 radical (unpaired) electrons. The summed E-state index contributed by atoms with van der Waals surface area (Å²) in [5.41, 5.74) is 0. The SMILES string of the molecule is CCc1n[nH]c(=S)n1CCNC(=O)C1=CCCCO1. The summed E-state index contributed by atoms with van der Waals surface area (Å²) in [4.78, 5) is 11.8. The van der Waals surface area contributed by atoms with Gasteiger partial charge in [0.1, 0.15) is 5.82 Å². The van der Waals surface area contributed by atoms with Crippen LogP contribution in [0.4, 0.5) is 0 Å². The highest BCUT2D eigenvalue weighted by Gasteiger charge is 2.13. The molecule has 0 aliphatic carbocycles. The lowest BCUT2D eigenvalue weighted by atomic mass is 10.2. The molecule has 2 N–H and O–H groups in total. The second-order valence-electron chi connectivity index (χ2n) is 4.27. The van der Waals surface area contributed by atoms with Gasteiger partial charge in [-0.2, -0.15) is 5.10 Å². The molecule has 0 spiro atoms. The third-order valence-corrected chi connectivity index (χ3v) is 3.25. The Morgan fingerprint density at radius 2 is 2.53 bits per heavy atom. The number of allylic oxidation sites excluding steroid dienone is 1. The number of carbonyl (C=O) groups is 1. The van der Waals surface area contributed by atoms with Crippen LogP contribution in [-0.4, -0.2) is 33.8 Å². The monoisotopic (exact) mass is 282 g/mol. The van der Waals surface area contributed by atoms with Crippen molar-refractivity contribution >= 4 is 18.1 Å².